The lowest BCUT2D eigenvalue weighted by molar-refractivity contribution is 0.0938. The van der Waals surface area contributed by atoms with Crippen molar-refractivity contribution in [2.75, 3.05) is 19.6 Å². The average molecular weight is 387 g/mol. The highest BCUT2D eigenvalue weighted by atomic mass is 35.5. The number of piperidine rings is 1. The largest absolute Gasteiger partial charge is 0.350 e. The second-order valence-corrected chi connectivity index (χ2v) is 8.08. The monoisotopic (exact) mass is 386 g/mol. The minimum absolute atomic E-state index is 0.0357. The first-order valence-electron chi connectivity index (χ1n) is 10.1. The van der Waals surface area contributed by atoms with Crippen molar-refractivity contribution in [3.05, 3.63) is 46.2 Å². The molecule has 1 aliphatic heterocycles. The van der Waals surface area contributed by atoms with Gasteiger partial charge in [-0.2, -0.15) is 5.10 Å². The van der Waals surface area contributed by atoms with Gasteiger partial charge in [0.15, 0.2) is 5.69 Å². The van der Waals surface area contributed by atoms with Crippen LogP contribution >= 0.6 is 11.6 Å². The lowest BCUT2D eigenvalue weighted by atomic mass is 9.99. The summed E-state index contributed by atoms with van der Waals surface area (Å²) in [5, 5.41) is 12.0. The van der Waals surface area contributed by atoms with Crippen molar-refractivity contribution in [2.45, 2.75) is 44.9 Å². The molecule has 1 aromatic heterocycles. The van der Waals surface area contributed by atoms with Gasteiger partial charge in [-0.05, 0) is 81.8 Å². The molecule has 2 N–H and O–H groups in total. The van der Waals surface area contributed by atoms with Crippen molar-refractivity contribution in [2.24, 2.45) is 5.92 Å². The van der Waals surface area contributed by atoms with Gasteiger partial charge < -0.3 is 10.6 Å². The highest BCUT2D eigenvalue weighted by Crippen LogP contribution is 2.27. The van der Waals surface area contributed by atoms with E-state index in [1.165, 1.54) is 25.0 Å². The van der Waals surface area contributed by atoms with Gasteiger partial charge in [-0.1, -0.05) is 18.0 Å². The topological polar surface area (TPSA) is 59.0 Å². The Morgan fingerprint density at radius 3 is 2.78 bits per heavy atom. The van der Waals surface area contributed by atoms with Crippen molar-refractivity contribution in [3.8, 4) is 5.69 Å². The van der Waals surface area contributed by atoms with Crippen molar-refractivity contribution in [1.82, 2.24) is 20.4 Å². The predicted octanol–water partition coefficient (Wildman–Crippen LogP) is 3.52. The van der Waals surface area contributed by atoms with E-state index < -0.39 is 0 Å². The number of nitrogens with one attached hydrogen (secondary N) is 2. The molecule has 1 atom stereocenters. The van der Waals surface area contributed by atoms with E-state index >= 15 is 0 Å². The summed E-state index contributed by atoms with van der Waals surface area (Å²) in [6, 6.07) is 7.68. The molecular formula is C21H27ClN4O. The molecule has 1 fully saturated rings. The lowest BCUT2D eigenvalue weighted by Gasteiger charge is -2.22. The van der Waals surface area contributed by atoms with Crippen LogP contribution in [-0.2, 0) is 12.8 Å². The Kier molecular flexibility index (Phi) is 5.79. The molecule has 27 heavy (non-hydrogen) atoms. The van der Waals surface area contributed by atoms with E-state index in [1.54, 1.807) is 0 Å². The number of hydrogen-bond donors (Lipinski definition) is 2. The number of benzene rings is 1. The van der Waals surface area contributed by atoms with Crippen LogP contribution in [0.2, 0.25) is 5.02 Å². The summed E-state index contributed by atoms with van der Waals surface area (Å²) < 4.78 is 1.95. The van der Waals surface area contributed by atoms with Crippen molar-refractivity contribution >= 4 is 17.5 Å². The van der Waals surface area contributed by atoms with Gasteiger partial charge in [0.05, 0.1) is 5.69 Å². The van der Waals surface area contributed by atoms with E-state index in [4.69, 9.17) is 16.7 Å². The normalized spacial score (nSPS) is 20.0. The number of amides is 1. The second-order valence-electron chi connectivity index (χ2n) is 7.65. The molecule has 6 heteroatoms. The standard InChI is InChI=1S/C21H27ClN4O/c22-16-8-10-17(11-9-16)26-19-7-3-1-2-6-18(19)20(25-26)21(27)24-14-15-5-4-12-23-13-15/h8-11,15,23H,1-7,12-14H2,(H,24,27). The number of hydrogen-bond acceptors (Lipinski definition) is 3. The van der Waals surface area contributed by atoms with Crippen LogP contribution in [0.1, 0.15) is 53.8 Å². The van der Waals surface area contributed by atoms with Gasteiger partial charge in [-0.15, -0.1) is 0 Å². The Labute approximate surface area is 165 Å². The van der Waals surface area contributed by atoms with Crippen LogP contribution in [0.25, 0.3) is 5.69 Å². The van der Waals surface area contributed by atoms with Gasteiger partial charge in [0.25, 0.3) is 5.91 Å². The van der Waals surface area contributed by atoms with Gasteiger partial charge in [0, 0.05) is 22.8 Å². The zero-order valence-electron chi connectivity index (χ0n) is 15.6. The number of fused-ring (bicyclic) bond motifs is 1. The number of carbonyl (C=O) groups is 1. The summed E-state index contributed by atoms with van der Waals surface area (Å²) in [6.45, 7) is 2.79. The average Bonchev–Trinajstić information content (AvgIpc) is 2.89. The molecule has 0 bridgehead atoms. The fraction of sp³-hybridized carbons (Fsp3) is 0.524. The quantitative estimate of drug-likeness (QED) is 0.790. The molecule has 2 heterocycles. The minimum atomic E-state index is -0.0357. The summed E-state index contributed by atoms with van der Waals surface area (Å²) in [5.74, 6) is 0.478. The Morgan fingerprint density at radius 2 is 2.00 bits per heavy atom. The Hall–Kier alpha value is -1.85. The maximum absolute atomic E-state index is 12.9. The SMILES string of the molecule is O=C(NCC1CCCNC1)c1nn(-c2ccc(Cl)cc2)c2c1CCCCC2. The van der Waals surface area contributed by atoms with E-state index in [0.29, 0.717) is 23.2 Å². The van der Waals surface area contributed by atoms with Gasteiger partial charge in [-0.3, -0.25) is 4.79 Å². The Bertz CT molecular complexity index is 793. The molecule has 2 aromatic rings. The van der Waals surface area contributed by atoms with Crippen LogP contribution in [-0.4, -0.2) is 35.3 Å². The highest BCUT2D eigenvalue weighted by molar-refractivity contribution is 6.30. The van der Waals surface area contributed by atoms with Gasteiger partial charge in [0.2, 0.25) is 0 Å². The maximum Gasteiger partial charge on any atom is 0.272 e. The van der Waals surface area contributed by atoms with Crippen LogP contribution in [0, 0.1) is 5.92 Å². The van der Waals surface area contributed by atoms with Gasteiger partial charge >= 0.3 is 0 Å². The lowest BCUT2D eigenvalue weighted by Crippen LogP contribution is -2.38. The third kappa shape index (κ3) is 4.19. The van der Waals surface area contributed by atoms with E-state index in [1.807, 2.05) is 28.9 Å². The molecule has 0 radical (unpaired) electrons. The third-order valence-corrected chi connectivity index (χ3v) is 5.92. The van der Waals surface area contributed by atoms with E-state index in [2.05, 4.69) is 10.6 Å². The van der Waals surface area contributed by atoms with Crippen molar-refractivity contribution < 1.29 is 4.79 Å². The van der Waals surface area contributed by atoms with Crippen LogP contribution in [0.5, 0.6) is 0 Å². The Balaban J connectivity index is 1.59. The molecule has 144 valence electrons. The molecule has 1 unspecified atom stereocenters. The maximum atomic E-state index is 12.9. The molecule has 4 rings (SSSR count). The molecule has 0 saturated carbocycles. The van der Waals surface area contributed by atoms with Crippen molar-refractivity contribution in [1.29, 1.82) is 0 Å². The van der Waals surface area contributed by atoms with Crippen LogP contribution in [0.4, 0.5) is 0 Å². The summed E-state index contributed by atoms with van der Waals surface area (Å²) in [6.07, 6.45) is 7.70. The van der Waals surface area contributed by atoms with Crippen LogP contribution in [0.3, 0.4) is 0 Å². The number of nitrogens with zero attached hydrogens (tertiary/aromatic N) is 2. The second kappa shape index (κ2) is 8.44. The van der Waals surface area contributed by atoms with Crippen LogP contribution < -0.4 is 10.6 Å². The zero-order chi connectivity index (χ0) is 18.6. The minimum Gasteiger partial charge on any atom is -0.350 e. The number of aromatic nitrogens is 2. The van der Waals surface area contributed by atoms with Gasteiger partial charge in [-0.25, -0.2) is 4.68 Å². The molecule has 0 spiro atoms. The van der Waals surface area contributed by atoms with E-state index in [0.717, 1.165) is 50.0 Å². The first-order chi connectivity index (χ1) is 13.2. The summed E-state index contributed by atoms with van der Waals surface area (Å²) in [7, 11) is 0. The van der Waals surface area contributed by atoms with E-state index in [9.17, 15) is 4.79 Å². The fourth-order valence-corrected chi connectivity index (χ4v) is 4.30. The van der Waals surface area contributed by atoms with Crippen LogP contribution in [0.15, 0.2) is 24.3 Å². The Morgan fingerprint density at radius 1 is 1.19 bits per heavy atom. The fourth-order valence-electron chi connectivity index (χ4n) is 4.17. The molecule has 1 aliphatic carbocycles. The molecule has 1 saturated heterocycles. The number of halogens is 1. The third-order valence-electron chi connectivity index (χ3n) is 5.67. The summed E-state index contributed by atoms with van der Waals surface area (Å²) >= 11 is 6.04. The molecule has 1 amide bonds. The molecule has 2 aliphatic rings. The predicted molar refractivity (Wildman–Crippen MR) is 108 cm³/mol. The smallest absolute Gasteiger partial charge is 0.272 e. The number of carbonyl (C=O) groups excluding carboxylic acids is 1. The van der Waals surface area contributed by atoms with Gasteiger partial charge in [0.1, 0.15) is 0 Å². The highest BCUT2D eigenvalue weighted by Gasteiger charge is 2.25. The molecule has 1 aromatic carbocycles. The molecule has 5 nitrogen and oxygen atoms in total. The number of rotatable bonds is 4. The molecular weight excluding hydrogens is 360 g/mol. The van der Waals surface area contributed by atoms with E-state index in [-0.39, 0.29) is 5.91 Å². The van der Waals surface area contributed by atoms with Crippen molar-refractivity contribution in [3.63, 3.8) is 0 Å². The first kappa shape index (κ1) is 18.5. The zero-order valence-corrected chi connectivity index (χ0v) is 16.4. The summed E-state index contributed by atoms with van der Waals surface area (Å²) in [5.41, 5.74) is 3.87. The summed E-state index contributed by atoms with van der Waals surface area (Å²) in [4.78, 5) is 12.9. The first-order valence-corrected chi connectivity index (χ1v) is 10.5.